The first-order chi connectivity index (χ1) is 13.2. The van der Waals surface area contributed by atoms with Gasteiger partial charge in [0.05, 0.1) is 18.0 Å². The van der Waals surface area contributed by atoms with Crippen LogP contribution in [0.5, 0.6) is 5.88 Å². The smallest absolute Gasteiger partial charge is 0.270 e. The van der Waals surface area contributed by atoms with Crippen LogP contribution < -0.4 is 15.2 Å². The number of anilines is 1. The molecule has 2 aromatic heterocycles. The van der Waals surface area contributed by atoms with Crippen molar-refractivity contribution in [3.8, 4) is 5.88 Å². The van der Waals surface area contributed by atoms with Gasteiger partial charge in [0, 0.05) is 57.2 Å². The van der Waals surface area contributed by atoms with E-state index in [9.17, 15) is 4.79 Å². The van der Waals surface area contributed by atoms with E-state index in [1.54, 1.807) is 20.4 Å². The molecule has 4 rings (SSSR count). The lowest BCUT2D eigenvalue weighted by atomic mass is 10.1. The van der Waals surface area contributed by atoms with Gasteiger partial charge in [-0.3, -0.25) is 9.69 Å². The Bertz CT molecular complexity index is 1010. The third kappa shape index (κ3) is 3.48. The topological polar surface area (TPSA) is 76.4 Å². The van der Waals surface area contributed by atoms with Crippen LogP contribution in [-0.4, -0.2) is 57.9 Å². The highest BCUT2D eigenvalue weighted by atomic mass is 16.5. The molecule has 140 valence electrons. The molecule has 1 fully saturated rings. The van der Waals surface area contributed by atoms with Gasteiger partial charge in [-0.15, -0.1) is 0 Å². The van der Waals surface area contributed by atoms with Gasteiger partial charge in [-0.1, -0.05) is 0 Å². The van der Waals surface area contributed by atoms with E-state index >= 15 is 0 Å². The molecule has 0 aliphatic carbocycles. The van der Waals surface area contributed by atoms with E-state index in [4.69, 9.17) is 4.74 Å². The molecule has 0 N–H and O–H groups in total. The lowest BCUT2D eigenvalue weighted by molar-refractivity contribution is 0.248. The van der Waals surface area contributed by atoms with E-state index in [1.165, 1.54) is 11.0 Å². The predicted molar refractivity (Wildman–Crippen MR) is 103 cm³/mol. The van der Waals surface area contributed by atoms with Crippen LogP contribution in [0, 0.1) is 0 Å². The van der Waals surface area contributed by atoms with Crippen molar-refractivity contribution < 1.29 is 4.74 Å². The van der Waals surface area contributed by atoms with Crippen molar-refractivity contribution in [1.82, 2.24) is 24.6 Å². The van der Waals surface area contributed by atoms with Crippen LogP contribution in [0.15, 0.2) is 41.6 Å². The van der Waals surface area contributed by atoms with Crippen LogP contribution in [0.3, 0.4) is 0 Å². The number of aromatic nitrogens is 4. The van der Waals surface area contributed by atoms with E-state index in [0.29, 0.717) is 12.4 Å². The molecule has 1 aromatic carbocycles. The molecule has 1 aliphatic rings. The molecule has 0 radical (unpaired) electrons. The minimum atomic E-state index is -0.0263. The van der Waals surface area contributed by atoms with Crippen molar-refractivity contribution in [2.45, 2.75) is 6.54 Å². The van der Waals surface area contributed by atoms with Crippen LogP contribution in [-0.2, 0) is 13.6 Å². The molecule has 1 saturated heterocycles. The molecule has 0 atom stereocenters. The maximum Gasteiger partial charge on any atom is 0.270 e. The minimum absolute atomic E-state index is 0.0263. The Hall–Kier alpha value is -3.00. The maximum atomic E-state index is 12.2. The second-order valence-corrected chi connectivity index (χ2v) is 6.63. The lowest BCUT2D eigenvalue weighted by Crippen LogP contribution is -2.46. The van der Waals surface area contributed by atoms with Crippen LogP contribution in [0.25, 0.3) is 10.9 Å². The fraction of sp³-hybridized carbons (Fsp3) is 0.368. The van der Waals surface area contributed by atoms with E-state index in [0.717, 1.165) is 48.3 Å². The summed E-state index contributed by atoms with van der Waals surface area (Å²) in [6.45, 7) is 4.24. The van der Waals surface area contributed by atoms with E-state index in [2.05, 4.69) is 37.0 Å². The number of hydrogen-bond acceptors (Lipinski definition) is 7. The number of fused-ring (bicyclic) bond motifs is 1. The Morgan fingerprint density at radius 3 is 2.70 bits per heavy atom. The van der Waals surface area contributed by atoms with E-state index in [1.807, 2.05) is 12.1 Å². The van der Waals surface area contributed by atoms with E-state index < -0.39 is 0 Å². The highest BCUT2D eigenvalue weighted by molar-refractivity contribution is 5.86. The molecule has 0 unspecified atom stereocenters. The van der Waals surface area contributed by atoms with Crippen LogP contribution in [0.4, 0.5) is 5.69 Å². The largest absolute Gasteiger partial charge is 0.480 e. The van der Waals surface area contributed by atoms with Crippen molar-refractivity contribution in [3.63, 3.8) is 0 Å². The number of ether oxygens (including phenoxy) is 1. The van der Waals surface area contributed by atoms with Crippen LogP contribution >= 0.6 is 0 Å². The Kier molecular flexibility index (Phi) is 4.72. The SMILES string of the molecule is COc1ncnc2ccc(N3CCN(Cc4ccnn(C)c4=O)CC3)cc12. The molecule has 0 saturated carbocycles. The fourth-order valence-electron chi connectivity index (χ4n) is 3.46. The van der Waals surface area contributed by atoms with Gasteiger partial charge in [0.25, 0.3) is 5.56 Å². The molecular weight excluding hydrogens is 344 g/mol. The highest BCUT2D eigenvalue weighted by Gasteiger charge is 2.19. The van der Waals surface area contributed by atoms with E-state index in [-0.39, 0.29) is 5.56 Å². The second-order valence-electron chi connectivity index (χ2n) is 6.63. The monoisotopic (exact) mass is 366 g/mol. The predicted octanol–water partition coefficient (Wildman–Crippen LogP) is 1.05. The summed E-state index contributed by atoms with van der Waals surface area (Å²) in [6.07, 6.45) is 3.19. The molecule has 8 nitrogen and oxygen atoms in total. The zero-order valence-corrected chi connectivity index (χ0v) is 15.5. The number of aryl methyl sites for hydroxylation is 1. The number of benzene rings is 1. The summed E-state index contributed by atoms with van der Waals surface area (Å²) in [7, 11) is 3.30. The molecule has 27 heavy (non-hydrogen) atoms. The number of piperazine rings is 1. The molecule has 0 amide bonds. The molecule has 3 heterocycles. The van der Waals surface area contributed by atoms with Crippen molar-refractivity contribution >= 4 is 16.6 Å². The Balaban J connectivity index is 1.47. The number of methoxy groups -OCH3 is 1. The Labute approximate surface area is 157 Å². The quantitative estimate of drug-likeness (QED) is 0.683. The normalized spacial score (nSPS) is 15.3. The van der Waals surface area contributed by atoms with Gasteiger partial charge in [-0.2, -0.15) is 5.10 Å². The third-order valence-electron chi connectivity index (χ3n) is 4.99. The molecule has 3 aromatic rings. The first-order valence-electron chi connectivity index (χ1n) is 8.93. The maximum absolute atomic E-state index is 12.2. The van der Waals surface area contributed by atoms with Crippen molar-refractivity contribution in [2.24, 2.45) is 7.05 Å². The molecule has 0 bridgehead atoms. The van der Waals surface area contributed by atoms with Gasteiger partial charge in [-0.25, -0.2) is 14.6 Å². The van der Waals surface area contributed by atoms with Gasteiger partial charge < -0.3 is 9.64 Å². The number of nitrogens with zero attached hydrogens (tertiary/aromatic N) is 6. The Morgan fingerprint density at radius 2 is 1.93 bits per heavy atom. The van der Waals surface area contributed by atoms with Gasteiger partial charge in [0.15, 0.2) is 0 Å². The van der Waals surface area contributed by atoms with Crippen molar-refractivity contribution in [1.29, 1.82) is 0 Å². The zero-order chi connectivity index (χ0) is 18.8. The highest BCUT2D eigenvalue weighted by Crippen LogP contribution is 2.27. The first-order valence-corrected chi connectivity index (χ1v) is 8.93. The van der Waals surface area contributed by atoms with Crippen molar-refractivity contribution in [2.75, 3.05) is 38.2 Å². The molecule has 1 aliphatic heterocycles. The average Bonchev–Trinajstić information content (AvgIpc) is 2.71. The fourth-order valence-corrected chi connectivity index (χ4v) is 3.46. The summed E-state index contributed by atoms with van der Waals surface area (Å²) in [5, 5.41) is 4.90. The summed E-state index contributed by atoms with van der Waals surface area (Å²) >= 11 is 0. The summed E-state index contributed by atoms with van der Waals surface area (Å²) in [5.41, 5.74) is 2.77. The Morgan fingerprint density at radius 1 is 1.11 bits per heavy atom. The summed E-state index contributed by atoms with van der Waals surface area (Å²) in [6, 6.07) is 7.98. The molecule has 0 spiro atoms. The summed E-state index contributed by atoms with van der Waals surface area (Å²) in [4.78, 5) is 25.3. The van der Waals surface area contributed by atoms with Gasteiger partial charge >= 0.3 is 0 Å². The second kappa shape index (κ2) is 7.32. The average molecular weight is 366 g/mol. The zero-order valence-electron chi connectivity index (χ0n) is 15.5. The van der Waals surface area contributed by atoms with Gasteiger partial charge in [0.1, 0.15) is 6.33 Å². The van der Waals surface area contributed by atoms with Crippen LogP contribution in [0.2, 0.25) is 0 Å². The first kappa shape index (κ1) is 17.4. The van der Waals surface area contributed by atoms with Gasteiger partial charge in [-0.05, 0) is 24.3 Å². The molecular formula is C19H22N6O2. The summed E-state index contributed by atoms with van der Waals surface area (Å²) in [5.74, 6) is 0.592. The summed E-state index contributed by atoms with van der Waals surface area (Å²) < 4.78 is 6.74. The van der Waals surface area contributed by atoms with Gasteiger partial charge in [0.2, 0.25) is 5.88 Å². The minimum Gasteiger partial charge on any atom is -0.480 e. The standard InChI is InChI=1S/C19H22N6O2/c1-23-19(26)14(5-6-22-23)12-24-7-9-25(10-8-24)15-3-4-17-16(11-15)18(27-2)21-13-20-17/h3-6,11,13H,7-10,12H2,1-2H3. The third-order valence-corrected chi connectivity index (χ3v) is 4.99. The van der Waals surface area contributed by atoms with Crippen LogP contribution in [0.1, 0.15) is 5.56 Å². The number of hydrogen-bond donors (Lipinski definition) is 0. The molecule has 8 heteroatoms. The lowest BCUT2D eigenvalue weighted by Gasteiger charge is -2.36. The van der Waals surface area contributed by atoms with Crippen molar-refractivity contribution in [3.05, 3.63) is 52.7 Å². The number of rotatable bonds is 4.